The number of rotatable bonds is 2. The monoisotopic (exact) mass is 210 g/mol. The van der Waals surface area contributed by atoms with Crippen molar-refractivity contribution < 1.29 is 5.11 Å². The second kappa shape index (κ2) is 4.19. The molecule has 1 saturated carbocycles. The fourth-order valence-corrected chi connectivity index (χ4v) is 2.81. The van der Waals surface area contributed by atoms with Crippen molar-refractivity contribution in [1.82, 2.24) is 4.98 Å². The van der Waals surface area contributed by atoms with Crippen LogP contribution < -0.4 is 5.73 Å². The lowest BCUT2D eigenvalue weighted by Gasteiger charge is -2.12. The number of pyridine rings is 1. The average Bonchev–Trinajstić information content (AvgIpc) is 2.56. The average molecular weight is 210 g/mol. The van der Waals surface area contributed by atoms with Crippen molar-refractivity contribution in [3.8, 4) is 0 Å². The fourth-order valence-electron chi connectivity index (χ4n) is 1.66. The molecule has 76 valence electrons. The maximum Gasteiger partial charge on any atom is 0.0965 e. The number of aliphatic hydroxyl groups is 1. The SMILES string of the molecule is Nc1ccc(SC2CCCC2O)nc1. The molecular formula is C10H14N2OS. The molecule has 1 aliphatic rings. The molecule has 0 saturated heterocycles. The fraction of sp³-hybridized carbons (Fsp3) is 0.500. The molecule has 3 nitrogen and oxygen atoms in total. The number of thioether (sulfide) groups is 1. The molecular weight excluding hydrogens is 196 g/mol. The Morgan fingerprint density at radius 3 is 2.86 bits per heavy atom. The molecule has 0 spiro atoms. The number of anilines is 1. The van der Waals surface area contributed by atoms with Crippen LogP contribution in [0.2, 0.25) is 0 Å². The van der Waals surface area contributed by atoms with Gasteiger partial charge in [0.05, 0.1) is 23.0 Å². The van der Waals surface area contributed by atoms with Crippen molar-refractivity contribution in [3.63, 3.8) is 0 Å². The Labute approximate surface area is 87.7 Å². The molecule has 0 radical (unpaired) electrons. The normalized spacial score (nSPS) is 26.6. The molecule has 0 bridgehead atoms. The van der Waals surface area contributed by atoms with Gasteiger partial charge in [0.15, 0.2) is 0 Å². The lowest BCUT2D eigenvalue weighted by Crippen LogP contribution is -2.15. The van der Waals surface area contributed by atoms with Crippen LogP contribution in [0.3, 0.4) is 0 Å². The van der Waals surface area contributed by atoms with E-state index in [0.29, 0.717) is 10.9 Å². The van der Waals surface area contributed by atoms with E-state index in [0.717, 1.165) is 24.3 Å². The first-order chi connectivity index (χ1) is 6.75. The number of hydrogen-bond acceptors (Lipinski definition) is 4. The van der Waals surface area contributed by atoms with Gasteiger partial charge < -0.3 is 10.8 Å². The van der Waals surface area contributed by atoms with Gasteiger partial charge >= 0.3 is 0 Å². The highest BCUT2D eigenvalue weighted by molar-refractivity contribution is 7.99. The van der Waals surface area contributed by atoms with Gasteiger partial charge in [-0.3, -0.25) is 0 Å². The van der Waals surface area contributed by atoms with Crippen LogP contribution in [0.1, 0.15) is 19.3 Å². The van der Waals surface area contributed by atoms with E-state index in [-0.39, 0.29) is 6.10 Å². The Bertz CT molecular complexity index is 301. The summed E-state index contributed by atoms with van der Waals surface area (Å²) in [5.74, 6) is 0. The van der Waals surface area contributed by atoms with Gasteiger partial charge in [0.25, 0.3) is 0 Å². The van der Waals surface area contributed by atoms with Crippen molar-refractivity contribution >= 4 is 17.4 Å². The molecule has 1 aromatic heterocycles. The summed E-state index contributed by atoms with van der Waals surface area (Å²) < 4.78 is 0. The van der Waals surface area contributed by atoms with Gasteiger partial charge in [0.1, 0.15) is 0 Å². The molecule has 1 fully saturated rings. The molecule has 2 rings (SSSR count). The van der Waals surface area contributed by atoms with Crippen LogP contribution in [-0.2, 0) is 0 Å². The van der Waals surface area contributed by atoms with Crippen molar-refractivity contribution in [2.45, 2.75) is 35.6 Å². The molecule has 3 N–H and O–H groups in total. The Balaban J connectivity index is 2.00. The van der Waals surface area contributed by atoms with E-state index in [9.17, 15) is 5.11 Å². The van der Waals surface area contributed by atoms with Gasteiger partial charge in [0, 0.05) is 5.25 Å². The summed E-state index contributed by atoms with van der Waals surface area (Å²) in [5.41, 5.74) is 6.22. The molecule has 1 aromatic rings. The lowest BCUT2D eigenvalue weighted by molar-refractivity contribution is 0.188. The van der Waals surface area contributed by atoms with Crippen LogP contribution >= 0.6 is 11.8 Å². The zero-order valence-corrected chi connectivity index (χ0v) is 8.70. The Morgan fingerprint density at radius 2 is 2.29 bits per heavy atom. The minimum atomic E-state index is -0.167. The van der Waals surface area contributed by atoms with E-state index < -0.39 is 0 Å². The van der Waals surface area contributed by atoms with Gasteiger partial charge in [-0.25, -0.2) is 4.98 Å². The molecule has 4 heteroatoms. The number of nitrogens with zero attached hydrogens (tertiary/aromatic N) is 1. The molecule has 14 heavy (non-hydrogen) atoms. The van der Waals surface area contributed by atoms with Crippen molar-refractivity contribution in [3.05, 3.63) is 18.3 Å². The largest absolute Gasteiger partial charge is 0.397 e. The second-order valence-electron chi connectivity index (χ2n) is 3.58. The topological polar surface area (TPSA) is 59.1 Å². The second-order valence-corrected chi connectivity index (χ2v) is 4.84. The highest BCUT2D eigenvalue weighted by atomic mass is 32.2. The zero-order valence-electron chi connectivity index (χ0n) is 7.89. The van der Waals surface area contributed by atoms with E-state index >= 15 is 0 Å². The number of aliphatic hydroxyl groups excluding tert-OH is 1. The van der Waals surface area contributed by atoms with E-state index in [1.165, 1.54) is 0 Å². The smallest absolute Gasteiger partial charge is 0.0965 e. The van der Waals surface area contributed by atoms with Crippen molar-refractivity contribution in [2.24, 2.45) is 0 Å². The number of nitrogen functional groups attached to an aromatic ring is 1. The summed E-state index contributed by atoms with van der Waals surface area (Å²) >= 11 is 1.65. The predicted octanol–water partition coefficient (Wildman–Crippen LogP) is 1.67. The van der Waals surface area contributed by atoms with E-state index in [4.69, 9.17) is 5.73 Å². The van der Waals surface area contributed by atoms with Crippen molar-refractivity contribution in [1.29, 1.82) is 0 Å². The molecule has 1 aliphatic carbocycles. The maximum atomic E-state index is 9.63. The minimum Gasteiger partial charge on any atom is -0.397 e. The molecule has 2 atom stereocenters. The third kappa shape index (κ3) is 2.19. The predicted molar refractivity (Wildman–Crippen MR) is 58.2 cm³/mol. The van der Waals surface area contributed by atoms with Gasteiger partial charge in [-0.15, -0.1) is 11.8 Å². The Morgan fingerprint density at radius 1 is 1.43 bits per heavy atom. The number of nitrogens with two attached hydrogens (primary N) is 1. The highest BCUT2D eigenvalue weighted by Gasteiger charge is 2.26. The Kier molecular flexibility index (Phi) is 2.93. The van der Waals surface area contributed by atoms with Gasteiger partial charge in [-0.2, -0.15) is 0 Å². The summed E-state index contributed by atoms with van der Waals surface area (Å²) in [5, 5.41) is 10.9. The Hall–Kier alpha value is -0.740. The lowest BCUT2D eigenvalue weighted by atomic mass is 10.3. The van der Waals surface area contributed by atoms with E-state index in [2.05, 4.69) is 4.98 Å². The third-order valence-corrected chi connectivity index (χ3v) is 3.78. The highest BCUT2D eigenvalue weighted by Crippen LogP contribution is 2.33. The van der Waals surface area contributed by atoms with Crippen LogP contribution in [0.4, 0.5) is 5.69 Å². The molecule has 2 unspecified atom stereocenters. The van der Waals surface area contributed by atoms with Gasteiger partial charge in [0.2, 0.25) is 0 Å². The van der Waals surface area contributed by atoms with E-state index in [1.54, 1.807) is 18.0 Å². The zero-order chi connectivity index (χ0) is 9.97. The number of hydrogen-bond donors (Lipinski definition) is 2. The minimum absolute atomic E-state index is 0.167. The summed E-state index contributed by atoms with van der Waals surface area (Å²) in [6, 6.07) is 3.75. The van der Waals surface area contributed by atoms with Crippen LogP contribution in [0.5, 0.6) is 0 Å². The van der Waals surface area contributed by atoms with Gasteiger partial charge in [-0.05, 0) is 31.4 Å². The van der Waals surface area contributed by atoms with E-state index in [1.807, 2.05) is 12.1 Å². The summed E-state index contributed by atoms with van der Waals surface area (Å²) in [7, 11) is 0. The summed E-state index contributed by atoms with van der Waals surface area (Å²) in [6.45, 7) is 0. The van der Waals surface area contributed by atoms with Crippen LogP contribution in [0, 0.1) is 0 Å². The molecule has 1 heterocycles. The molecule has 0 aliphatic heterocycles. The quantitative estimate of drug-likeness (QED) is 0.779. The summed E-state index contributed by atoms with van der Waals surface area (Å²) in [6.07, 6.45) is 4.61. The molecule has 0 amide bonds. The first-order valence-corrected chi connectivity index (χ1v) is 5.70. The third-order valence-electron chi connectivity index (χ3n) is 2.45. The first kappa shape index (κ1) is 9.80. The number of aromatic nitrogens is 1. The maximum absolute atomic E-state index is 9.63. The van der Waals surface area contributed by atoms with Gasteiger partial charge in [-0.1, -0.05) is 0 Å². The van der Waals surface area contributed by atoms with Crippen LogP contribution in [0.25, 0.3) is 0 Å². The van der Waals surface area contributed by atoms with Crippen molar-refractivity contribution in [2.75, 3.05) is 5.73 Å². The summed E-state index contributed by atoms with van der Waals surface area (Å²) in [4.78, 5) is 4.20. The standard InChI is InChI=1S/C10H14N2OS/c11-7-4-5-10(12-6-7)14-9-3-1-2-8(9)13/h4-6,8-9,13H,1-3,11H2. The first-order valence-electron chi connectivity index (χ1n) is 4.82. The molecule has 0 aromatic carbocycles. The van der Waals surface area contributed by atoms with Crippen LogP contribution in [0.15, 0.2) is 23.4 Å². The van der Waals surface area contributed by atoms with Crippen LogP contribution in [-0.4, -0.2) is 21.4 Å².